The Balaban J connectivity index is 2.53. The molecule has 0 aromatic carbocycles. The first-order chi connectivity index (χ1) is 7.16. The van der Waals surface area contributed by atoms with Gasteiger partial charge in [-0.2, -0.15) is 0 Å². The minimum absolute atomic E-state index is 0.0260. The smallest absolute Gasteiger partial charge is 0.156 e. The van der Waals surface area contributed by atoms with Crippen LogP contribution in [0.3, 0.4) is 0 Å². The molecule has 0 radical (unpaired) electrons. The molecule has 3 N–H and O–H groups in total. The van der Waals surface area contributed by atoms with E-state index in [9.17, 15) is 0 Å². The Morgan fingerprint density at radius 2 is 1.87 bits per heavy atom. The molecular formula is C11H23N3O. The van der Waals surface area contributed by atoms with Gasteiger partial charge in [0, 0.05) is 6.04 Å². The second-order valence-electron chi connectivity index (χ2n) is 4.51. The maximum atomic E-state index is 8.64. The minimum Gasteiger partial charge on any atom is -0.409 e. The molecule has 1 atom stereocenters. The summed E-state index contributed by atoms with van der Waals surface area (Å²) in [5, 5.41) is 11.7. The van der Waals surface area contributed by atoms with Gasteiger partial charge in [-0.3, -0.25) is 4.90 Å². The minimum atomic E-state index is 0.0260. The lowest BCUT2D eigenvalue weighted by atomic mass is 10.1. The summed E-state index contributed by atoms with van der Waals surface area (Å²) in [6.07, 6.45) is 7.78. The van der Waals surface area contributed by atoms with Crippen LogP contribution in [0.1, 0.15) is 45.4 Å². The fourth-order valence-corrected chi connectivity index (χ4v) is 2.27. The van der Waals surface area contributed by atoms with E-state index in [0.29, 0.717) is 11.9 Å². The zero-order valence-electron chi connectivity index (χ0n) is 9.82. The number of hydrogen-bond donors (Lipinski definition) is 2. The van der Waals surface area contributed by atoms with Crippen LogP contribution in [0.2, 0.25) is 0 Å². The third-order valence-corrected chi connectivity index (χ3v) is 3.56. The van der Waals surface area contributed by atoms with Crippen LogP contribution in [-0.4, -0.2) is 35.1 Å². The largest absolute Gasteiger partial charge is 0.409 e. The zero-order chi connectivity index (χ0) is 11.3. The number of likely N-dealkylation sites (N-methyl/N-ethyl adjacent to an activating group) is 1. The second kappa shape index (κ2) is 5.95. The molecule has 1 aliphatic carbocycles. The molecule has 1 aliphatic rings. The van der Waals surface area contributed by atoms with Gasteiger partial charge in [0.15, 0.2) is 5.84 Å². The lowest BCUT2D eigenvalue weighted by molar-refractivity contribution is 0.198. The molecule has 1 fully saturated rings. The van der Waals surface area contributed by atoms with Gasteiger partial charge in [-0.25, -0.2) is 0 Å². The van der Waals surface area contributed by atoms with Crippen LogP contribution < -0.4 is 5.73 Å². The van der Waals surface area contributed by atoms with Crippen molar-refractivity contribution in [2.24, 2.45) is 10.9 Å². The fraction of sp³-hybridized carbons (Fsp3) is 0.909. The van der Waals surface area contributed by atoms with Gasteiger partial charge < -0.3 is 10.9 Å². The summed E-state index contributed by atoms with van der Waals surface area (Å²) in [6.45, 7) is 1.99. The van der Waals surface area contributed by atoms with E-state index in [4.69, 9.17) is 10.9 Å². The van der Waals surface area contributed by atoms with Crippen LogP contribution >= 0.6 is 0 Å². The molecule has 88 valence electrons. The van der Waals surface area contributed by atoms with E-state index in [2.05, 4.69) is 17.1 Å². The van der Waals surface area contributed by atoms with E-state index in [1.807, 2.05) is 6.92 Å². The Hall–Kier alpha value is -0.770. The Morgan fingerprint density at radius 3 is 2.33 bits per heavy atom. The molecule has 0 aromatic heterocycles. The normalized spacial score (nSPS) is 22.7. The van der Waals surface area contributed by atoms with Crippen molar-refractivity contribution in [2.45, 2.75) is 57.5 Å². The Morgan fingerprint density at radius 1 is 1.33 bits per heavy atom. The van der Waals surface area contributed by atoms with Gasteiger partial charge in [-0.15, -0.1) is 0 Å². The standard InChI is InChI=1S/C11H23N3O/c1-9(11(12)13-15)14(2)10-7-5-3-4-6-8-10/h9-10,15H,3-8H2,1-2H3,(H2,12,13). The molecular weight excluding hydrogens is 190 g/mol. The quantitative estimate of drug-likeness (QED) is 0.247. The predicted molar refractivity (Wildman–Crippen MR) is 62.1 cm³/mol. The van der Waals surface area contributed by atoms with Crippen molar-refractivity contribution in [2.75, 3.05) is 7.05 Å². The molecule has 1 unspecified atom stereocenters. The lowest BCUT2D eigenvalue weighted by Gasteiger charge is -2.31. The number of amidine groups is 1. The van der Waals surface area contributed by atoms with Gasteiger partial charge in [-0.05, 0) is 26.8 Å². The van der Waals surface area contributed by atoms with Gasteiger partial charge >= 0.3 is 0 Å². The highest BCUT2D eigenvalue weighted by atomic mass is 16.4. The van der Waals surface area contributed by atoms with Gasteiger partial charge in [0.25, 0.3) is 0 Å². The summed E-state index contributed by atoms with van der Waals surface area (Å²) in [4.78, 5) is 2.24. The Kier molecular flexibility index (Phi) is 4.88. The maximum Gasteiger partial charge on any atom is 0.156 e. The lowest BCUT2D eigenvalue weighted by Crippen LogP contribution is -2.45. The fourth-order valence-electron chi connectivity index (χ4n) is 2.27. The van der Waals surface area contributed by atoms with Gasteiger partial charge in [0.1, 0.15) is 0 Å². The molecule has 1 saturated carbocycles. The first-order valence-electron chi connectivity index (χ1n) is 5.86. The molecule has 0 bridgehead atoms. The number of rotatable bonds is 3. The van der Waals surface area contributed by atoms with Gasteiger partial charge in [0.05, 0.1) is 6.04 Å². The SMILES string of the molecule is CC(C(N)=NO)N(C)C1CCCCCC1. The monoisotopic (exact) mass is 213 g/mol. The summed E-state index contributed by atoms with van der Waals surface area (Å²) in [5.41, 5.74) is 5.62. The molecule has 0 heterocycles. The third-order valence-electron chi connectivity index (χ3n) is 3.56. The van der Waals surface area contributed by atoms with Crippen LogP contribution in [0.4, 0.5) is 0 Å². The van der Waals surface area contributed by atoms with Crippen molar-refractivity contribution in [1.82, 2.24) is 4.90 Å². The molecule has 15 heavy (non-hydrogen) atoms. The van der Waals surface area contributed by atoms with Crippen LogP contribution in [0.15, 0.2) is 5.16 Å². The van der Waals surface area contributed by atoms with Crippen LogP contribution in [0, 0.1) is 0 Å². The van der Waals surface area contributed by atoms with Crippen LogP contribution in [0.25, 0.3) is 0 Å². The summed E-state index contributed by atoms with van der Waals surface area (Å²) in [6, 6.07) is 0.612. The molecule has 1 rings (SSSR count). The van der Waals surface area contributed by atoms with Gasteiger partial charge in [-0.1, -0.05) is 30.8 Å². The van der Waals surface area contributed by atoms with Gasteiger partial charge in [0.2, 0.25) is 0 Å². The number of nitrogens with zero attached hydrogens (tertiary/aromatic N) is 2. The highest BCUT2D eigenvalue weighted by Crippen LogP contribution is 2.22. The van der Waals surface area contributed by atoms with Crippen molar-refractivity contribution >= 4 is 5.84 Å². The highest BCUT2D eigenvalue weighted by molar-refractivity contribution is 5.84. The third kappa shape index (κ3) is 3.38. The second-order valence-corrected chi connectivity index (χ2v) is 4.51. The topological polar surface area (TPSA) is 61.9 Å². The summed E-state index contributed by atoms with van der Waals surface area (Å²) in [7, 11) is 2.07. The summed E-state index contributed by atoms with van der Waals surface area (Å²) < 4.78 is 0. The molecule has 0 saturated heterocycles. The van der Waals surface area contributed by atoms with Crippen molar-refractivity contribution in [3.8, 4) is 0 Å². The van der Waals surface area contributed by atoms with E-state index in [-0.39, 0.29) is 6.04 Å². The molecule has 0 spiro atoms. The average molecular weight is 213 g/mol. The van der Waals surface area contributed by atoms with Crippen molar-refractivity contribution < 1.29 is 5.21 Å². The maximum absolute atomic E-state index is 8.64. The Labute approximate surface area is 92.1 Å². The first kappa shape index (κ1) is 12.3. The van der Waals surface area contributed by atoms with Crippen molar-refractivity contribution in [1.29, 1.82) is 0 Å². The molecule has 0 aliphatic heterocycles. The van der Waals surface area contributed by atoms with Crippen molar-refractivity contribution in [3.63, 3.8) is 0 Å². The van der Waals surface area contributed by atoms with E-state index in [1.165, 1.54) is 38.5 Å². The molecule has 4 heteroatoms. The van der Waals surface area contributed by atoms with E-state index in [0.717, 1.165) is 0 Å². The number of hydrogen-bond acceptors (Lipinski definition) is 3. The predicted octanol–water partition coefficient (Wildman–Crippen LogP) is 1.78. The average Bonchev–Trinajstić information content (AvgIpc) is 2.54. The van der Waals surface area contributed by atoms with E-state index in [1.54, 1.807) is 0 Å². The summed E-state index contributed by atoms with van der Waals surface area (Å²) >= 11 is 0. The highest BCUT2D eigenvalue weighted by Gasteiger charge is 2.23. The zero-order valence-corrected chi connectivity index (χ0v) is 9.82. The summed E-state index contributed by atoms with van der Waals surface area (Å²) in [5.74, 6) is 0.307. The van der Waals surface area contributed by atoms with E-state index < -0.39 is 0 Å². The number of nitrogens with two attached hydrogens (primary N) is 1. The van der Waals surface area contributed by atoms with Crippen molar-refractivity contribution in [3.05, 3.63) is 0 Å². The first-order valence-corrected chi connectivity index (χ1v) is 5.86. The van der Waals surface area contributed by atoms with Crippen LogP contribution in [0.5, 0.6) is 0 Å². The molecule has 0 aromatic rings. The molecule has 0 amide bonds. The number of oxime groups is 1. The molecule has 4 nitrogen and oxygen atoms in total. The van der Waals surface area contributed by atoms with E-state index >= 15 is 0 Å². The Bertz CT molecular complexity index is 210. The van der Waals surface area contributed by atoms with Crippen LogP contribution in [-0.2, 0) is 0 Å².